The van der Waals surface area contributed by atoms with Gasteiger partial charge < -0.3 is 19.5 Å². The van der Waals surface area contributed by atoms with Crippen LogP contribution in [0, 0.1) is 12.3 Å². The van der Waals surface area contributed by atoms with Crippen LogP contribution in [0.5, 0.6) is 0 Å². The van der Waals surface area contributed by atoms with Crippen molar-refractivity contribution in [2.75, 3.05) is 32.7 Å². The third kappa shape index (κ3) is 5.44. The molecule has 1 N–H and O–H groups in total. The number of allylic oxidation sites excluding steroid dienone is 1. The van der Waals surface area contributed by atoms with E-state index in [0.29, 0.717) is 19.1 Å². The van der Waals surface area contributed by atoms with Crippen molar-refractivity contribution >= 4 is 12.0 Å². The molecule has 0 radical (unpaired) electrons. The lowest BCUT2D eigenvalue weighted by atomic mass is 10.0. The van der Waals surface area contributed by atoms with Gasteiger partial charge >= 0.3 is 0 Å². The molecule has 0 bridgehead atoms. The van der Waals surface area contributed by atoms with Crippen LogP contribution in [-0.4, -0.2) is 64.2 Å². The van der Waals surface area contributed by atoms with Crippen molar-refractivity contribution in [1.82, 2.24) is 14.4 Å². The highest BCUT2D eigenvalue weighted by atomic mass is 19.1. The van der Waals surface area contributed by atoms with Crippen molar-refractivity contribution in [3.8, 4) is 12.3 Å². The maximum Gasteiger partial charge on any atom is 0.251 e. The van der Waals surface area contributed by atoms with E-state index in [4.69, 9.17) is 6.42 Å². The minimum absolute atomic E-state index is 0.220. The fourth-order valence-electron chi connectivity index (χ4n) is 3.63. The molecule has 0 aliphatic carbocycles. The van der Waals surface area contributed by atoms with E-state index in [2.05, 4.69) is 15.4 Å². The summed E-state index contributed by atoms with van der Waals surface area (Å²) in [4.78, 5) is 16.0. The van der Waals surface area contributed by atoms with Gasteiger partial charge in [-0.15, -0.1) is 6.42 Å². The van der Waals surface area contributed by atoms with Gasteiger partial charge in [0.25, 0.3) is 5.91 Å². The van der Waals surface area contributed by atoms with E-state index in [1.165, 1.54) is 19.9 Å². The molecular formula is C21H30FN3O2. The van der Waals surface area contributed by atoms with Gasteiger partial charge in [-0.1, -0.05) is 5.92 Å². The van der Waals surface area contributed by atoms with Crippen LogP contribution in [0.15, 0.2) is 18.1 Å². The van der Waals surface area contributed by atoms with Crippen molar-refractivity contribution < 1.29 is 14.3 Å². The number of nitrogens with zero attached hydrogens (tertiary/aromatic N) is 3. The molecule has 1 aliphatic heterocycles. The lowest BCUT2D eigenvalue weighted by Crippen LogP contribution is -2.44. The number of carbonyl (C=O) groups excluding carboxylic acids is 1. The number of aliphatic hydroxyl groups excluding tert-OH is 1. The summed E-state index contributed by atoms with van der Waals surface area (Å²) in [6.45, 7) is 8.69. The van der Waals surface area contributed by atoms with Gasteiger partial charge in [-0.25, -0.2) is 4.39 Å². The molecule has 1 aromatic rings. The topological polar surface area (TPSA) is 48.7 Å². The Labute approximate surface area is 161 Å². The monoisotopic (exact) mass is 375 g/mol. The number of aliphatic hydroxyl groups is 1. The summed E-state index contributed by atoms with van der Waals surface area (Å²) in [5.74, 6) is 2.22. The number of hydrogen-bond acceptors (Lipinski definition) is 3. The van der Waals surface area contributed by atoms with Crippen molar-refractivity contribution in [2.24, 2.45) is 0 Å². The van der Waals surface area contributed by atoms with Crippen LogP contribution >= 0.6 is 0 Å². The van der Waals surface area contributed by atoms with Crippen LogP contribution < -0.4 is 0 Å². The molecule has 0 saturated carbocycles. The summed E-state index contributed by atoms with van der Waals surface area (Å²) in [5, 5.41) is 9.47. The van der Waals surface area contributed by atoms with Crippen molar-refractivity contribution in [3.05, 3.63) is 29.3 Å². The maximum atomic E-state index is 13.2. The first-order valence-electron chi connectivity index (χ1n) is 9.57. The minimum Gasteiger partial charge on any atom is -0.384 e. The Morgan fingerprint density at radius 3 is 2.70 bits per heavy atom. The van der Waals surface area contributed by atoms with Gasteiger partial charge in [0.15, 0.2) is 0 Å². The van der Waals surface area contributed by atoms with Crippen LogP contribution in [0.25, 0.3) is 6.08 Å². The van der Waals surface area contributed by atoms with Gasteiger partial charge in [-0.05, 0) is 45.8 Å². The van der Waals surface area contributed by atoms with Gasteiger partial charge in [-0.2, -0.15) is 0 Å². The molecule has 2 rings (SSSR count). The van der Waals surface area contributed by atoms with Crippen LogP contribution in [0.3, 0.4) is 0 Å². The Morgan fingerprint density at radius 2 is 2.19 bits per heavy atom. The number of halogens is 1. The summed E-state index contributed by atoms with van der Waals surface area (Å²) in [6, 6.07) is 2.17. The highest BCUT2D eigenvalue weighted by Gasteiger charge is 2.24. The van der Waals surface area contributed by atoms with Gasteiger partial charge in [-0.3, -0.25) is 4.79 Å². The number of piperidine rings is 1. The van der Waals surface area contributed by atoms with Crippen molar-refractivity contribution in [1.29, 1.82) is 0 Å². The fourth-order valence-corrected chi connectivity index (χ4v) is 3.63. The second-order valence-electron chi connectivity index (χ2n) is 7.07. The lowest BCUT2D eigenvalue weighted by molar-refractivity contribution is -0.139. The number of rotatable bonds is 7. The van der Waals surface area contributed by atoms with Crippen LogP contribution in [0.2, 0.25) is 0 Å². The quantitative estimate of drug-likeness (QED) is 0.746. The standard InChI is InChI=1S/C21H30FN3O2/c1-5-20-18(15-16(3)22)7-12-25(20)19-8-10-23(11-9-19)13-14-24(6-2)21(27)17(4)26/h1,7,12,15,17,19,26H,6,8-11,13-14H2,2-4H3/b16-15+. The molecule has 1 saturated heterocycles. The third-order valence-corrected chi connectivity index (χ3v) is 5.12. The molecule has 5 nitrogen and oxygen atoms in total. The average Bonchev–Trinajstić information content (AvgIpc) is 3.04. The van der Waals surface area contributed by atoms with Crippen LogP contribution in [0.4, 0.5) is 4.39 Å². The van der Waals surface area contributed by atoms with Gasteiger partial charge in [0.2, 0.25) is 0 Å². The first-order chi connectivity index (χ1) is 12.9. The summed E-state index contributed by atoms with van der Waals surface area (Å²) in [6.07, 6.45) is 10.0. The number of likely N-dealkylation sites (N-methyl/N-ethyl adjacent to an activating group) is 1. The molecule has 1 unspecified atom stereocenters. The molecule has 0 spiro atoms. The van der Waals surface area contributed by atoms with Crippen LogP contribution in [0.1, 0.15) is 50.9 Å². The number of terminal acetylenes is 1. The second-order valence-corrected chi connectivity index (χ2v) is 7.07. The SMILES string of the molecule is C#Cc1c(/C=C(\C)F)ccn1C1CCN(CCN(CC)C(=O)C(C)O)CC1. The molecular weight excluding hydrogens is 345 g/mol. The molecule has 6 heteroatoms. The second kappa shape index (κ2) is 9.72. The molecule has 1 atom stereocenters. The molecule has 0 aromatic carbocycles. The fraction of sp³-hybridized carbons (Fsp3) is 0.571. The summed E-state index contributed by atoms with van der Waals surface area (Å²) >= 11 is 0. The number of hydrogen-bond donors (Lipinski definition) is 1. The first-order valence-corrected chi connectivity index (χ1v) is 9.57. The maximum absolute atomic E-state index is 13.2. The zero-order chi connectivity index (χ0) is 20.0. The molecule has 1 fully saturated rings. The van der Waals surface area contributed by atoms with Gasteiger partial charge in [0.05, 0.1) is 11.5 Å². The Bertz CT molecular complexity index is 705. The number of aromatic nitrogens is 1. The van der Waals surface area contributed by atoms with Gasteiger partial charge in [0.1, 0.15) is 6.10 Å². The zero-order valence-corrected chi connectivity index (χ0v) is 16.5. The lowest BCUT2D eigenvalue weighted by Gasteiger charge is -2.34. The molecule has 1 aromatic heterocycles. The predicted octanol–water partition coefficient (Wildman–Crippen LogP) is 2.67. The van der Waals surface area contributed by atoms with E-state index in [1.54, 1.807) is 4.90 Å². The molecule has 148 valence electrons. The van der Waals surface area contributed by atoms with Gasteiger partial charge in [0, 0.05) is 50.5 Å². The van der Waals surface area contributed by atoms with E-state index in [9.17, 15) is 14.3 Å². The van der Waals surface area contributed by atoms with E-state index in [0.717, 1.165) is 43.7 Å². The first kappa shape index (κ1) is 21.2. The van der Waals surface area contributed by atoms with E-state index >= 15 is 0 Å². The summed E-state index contributed by atoms with van der Waals surface area (Å²) < 4.78 is 15.3. The van der Waals surface area contributed by atoms with E-state index in [1.807, 2.05) is 19.2 Å². The highest BCUT2D eigenvalue weighted by Crippen LogP contribution is 2.27. The molecule has 1 aliphatic rings. The predicted molar refractivity (Wildman–Crippen MR) is 106 cm³/mol. The van der Waals surface area contributed by atoms with E-state index in [-0.39, 0.29) is 11.7 Å². The molecule has 2 heterocycles. The zero-order valence-electron chi connectivity index (χ0n) is 16.5. The van der Waals surface area contributed by atoms with E-state index < -0.39 is 6.10 Å². The normalized spacial score (nSPS) is 17.6. The number of likely N-dealkylation sites (tertiary alicyclic amines) is 1. The minimum atomic E-state index is -0.956. The van der Waals surface area contributed by atoms with Crippen LogP contribution in [-0.2, 0) is 4.79 Å². The Kier molecular flexibility index (Phi) is 7.64. The smallest absolute Gasteiger partial charge is 0.251 e. The Balaban J connectivity index is 1.92. The number of carbonyl (C=O) groups is 1. The molecule has 1 amide bonds. The highest BCUT2D eigenvalue weighted by molar-refractivity contribution is 5.80. The molecule has 27 heavy (non-hydrogen) atoms. The number of amides is 1. The largest absolute Gasteiger partial charge is 0.384 e. The Hall–Kier alpha value is -2.10. The average molecular weight is 375 g/mol. The Morgan fingerprint density at radius 1 is 1.52 bits per heavy atom. The van der Waals surface area contributed by atoms with Crippen molar-refractivity contribution in [2.45, 2.75) is 45.8 Å². The summed E-state index contributed by atoms with van der Waals surface area (Å²) in [7, 11) is 0. The summed E-state index contributed by atoms with van der Waals surface area (Å²) in [5.41, 5.74) is 1.47. The van der Waals surface area contributed by atoms with Crippen molar-refractivity contribution in [3.63, 3.8) is 0 Å². The third-order valence-electron chi connectivity index (χ3n) is 5.12.